The normalized spacial score (nSPS) is 11.0. The zero-order valence-corrected chi connectivity index (χ0v) is 15.3. The van der Waals surface area contributed by atoms with Crippen LogP contribution in [0, 0.1) is 6.92 Å². The monoisotopic (exact) mass is 363 g/mol. The van der Waals surface area contributed by atoms with E-state index in [1.165, 1.54) is 11.1 Å². The van der Waals surface area contributed by atoms with Crippen molar-refractivity contribution >= 4 is 22.9 Å². The molecular formula is C19H17N5OS. The fourth-order valence-electron chi connectivity index (χ4n) is 2.68. The molecule has 0 N–H and O–H groups in total. The number of benzene rings is 2. The number of methoxy groups -OCH3 is 1. The molecule has 0 bridgehead atoms. The lowest BCUT2D eigenvalue weighted by Gasteiger charge is -2.04. The van der Waals surface area contributed by atoms with Crippen molar-refractivity contribution in [1.82, 2.24) is 25.0 Å². The standard InChI is InChI=1S/C19H17N5OS/c1-13-4-3-5-14(10-13)11-26-19-17-18(20-12-21-19)24(23-22-17)15-6-8-16(25-2)9-7-15/h3-10,12H,11H2,1-2H3. The highest BCUT2D eigenvalue weighted by atomic mass is 32.2. The second-order valence-corrected chi connectivity index (χ2v) is 6.79. The van der Waals surface area contributed by atoms with Gasteiger partial charge in [0.25, 0.3) is 0 Å². The van der Waals surface area contributed by atoms with Gasteiger partial charge in [-0.1, -0.05) is 46.8 Å². The third-order valence-corrected chi connectivity index (χ3v) is 5.03. The molecule has 2 heterocycles. The quantitative estimate of drug-likeness (QED) is 0.397. The Bertz CT molecular complexity index is 1050. The zero-order valence-electron chi connectivity index (χ0n) is 14.5. The van der Waals surface area contributed by atoms with Crippen molar-refractivity contribution in [3.05, 3.63) is 66.0 Å². The van der Waals surface area contributed by atoms with Gasteiger partial charge in [-0.15, -0.1) is 5.10 Å². The summed E-state index contributed by atoms with van der Waals surface area (Å²) in [6.07, 6.45) is 1.56. The van der Waals surface area contributed by atoms with E-state index >= 15 is 0 Å². The molecule has 0 atom stereocenters. The summed E-state index contributed by atoms with van der Waals surface area (Å²) < 4.78 is 6.92. The number of hydrogen-bond acceptors (Lipinski definition) is 6. The summed E-state index contributed by atoms with van der Waals surface area (Å²) in [7, 11) is 1.64. The molecule has 0 unspecified atom stereocenters. The van der Waals surface area contributed by atoms with E-state index in [1.807, 2.05) is 24.3 Å². The average molecular weight is 363 g/mol. The first-order valence-electron chi connectivity index (χ1n) is 8.14. The van der Waals surface area contributed by atoms with Gasteiger partial charge in [0, 0.05) is 5.75 Å². The van der Waals surface area contributed by atoms with Crippen molar-refractivity contribution in [2.24, 2.45) is 0 Å². The van der Waals surface area contributed by atoms with E-state index in [2.05, 4.69) is 51.5 Å². The first kappa shape index (κ1) is 16.5. The van der Waals surface area contributed by atoms with Gasteiger partial charge in [-0.25, -0.2) is 9.97 Å². The number of hydrogen-bond donors (Lipinski definition) is 0. The Labute approximate surface area is 155 Å². The predicted molar refractivity (Wildman–Crippen MR) is 102 cm³/mol. The predicted octanol–water partition coefficient (Wildman–Crippen LogP) is 3.82. The van der Waals surface area contributed by atoms with Gasteiger partial charge in [-0.3, -0.25) is 0 Å². The molecule has 0 saturated carbocycles. The molecule has 6 nitrogen and oxygen atoms in total. The molecule has 0 aliphatic rings. The van der Waals surface area contributed by atoms with Crippen LogP contribution in [0.15, 0.2) is 59.9 Å². The van der Waals surface area contributed by atoms with E-state index < -0.39 is 0 Å². The SMILES string of the molecule is COc1ccc(-n2nnc3c(SCc4cccc(C)c4)ncnc32)cc1. The van der Waals surface area contributed by atoms with Crippen molar-refractivity contribution in [2.45, 2.75) is 17.7 Å². The second-order valence-electron chi connectivity index (χ2n) is 5.83. The molecule has 2 aromatic heterocycles. The Morgan fingerprint density at radius 3 is 2.69 bits per heavy atom. The van der Waals surface area contributed by atoms with Gasteiger partial charge < -0.3 is 4.74 Å². The Morgan fingerprint density at radius 2 is 1.92 bits per heavy atom. The third-order valence-electron chi connectivity index (χ3n) is 3.98. The molecule has 26 heavy (non-hydrogen) atoms. The Balaban J connectivity index is 1.64. The van der Waals surface area contributed by atoms with Gasteiger partial charge in [0.15, 0.2) is 11.2 Å². The number of thioether (sulfide) groups is 1. The molecule has 2 aromatic carbocycles. The molecule has 130 valence electrons. The van der Waals surface area contributed by atoms with E-state index in [4.69, 9.17) is 4.74 Å². The maximum atomic E-state index is 5.20. The number of aryl methyl sites for hydroxylation is 1. The lowest BCUT2D eigenvalue weighted by molar-refractivity contribution is 0.414. The van der Waals surface area contributed by atoms with E-state index in [9.17, 15) is 0 Å². The molecule has 0 spiro atoms. The molecular weight excluding hydrogens is 346 g/mol. The largest absolute Gasteiger partial charge is 0.497 e. The topological polar surface area (TPSA) is 65.7 Å². The van der Waals surface area contributed by atoms with Crippen LogP contribution in [-0.4, -0.2) is 32.1 Å². The number of aromatic nitrogens is 5. The van der Waals surface area contributed by atoms with Gasteiger partial charge in [0.05, 0.1) is 12.8 Å². The molecule has 0 amide bonds. The number of rotatable bonds is 5. The van der Waals surface area contributed by atoms with Gasteiger partial charge in [-0.05, 0) is 36.8 Å². The van der Waals surface area contributed by atoms with E-state index in [0.717, 1.165) is 22.2 Å². The summed E-state index contributed by atoms with van der Waals surface area (Å²) in [5.41, 5.74) is 4.78. The minimum absolute atomic E-state index is 0.692. The highest BCUT2D eigenvalue weighted by Gasteiger charge is 2.13. The summed E-state index contributed by atoms with van der Waals surface area (Å²) >= 11 is 1.64. The molecule has 4 aromatic rings. The Hall–Kier alpha value is -2.93. The number of fused-ring (bicyclic) bond motifs is 1. The van der Waals surface area contributed by atoms with Crippen LogP contribution in [0.1, 0.15) is 11.1 Å². The first-order valence-corrected chi connectivity index (χ1v) is 9.12. The lowest BCUT2D eigenvalue weighted by atomic mass is 10.2. The van der Waals surface area contributed by atoms with Crippen LogP contribution in [-0.2, 0) is 5.75 Å². The molecule has 0 aliphatic heterocycles. The van der Waals surface area contributed by atoms with Crippen LogP contribution in [0.25, 0.3) is 16.9 Å². The first-order chi connectivity index (χ1) is 12.7. The summed E-state index contributed by atoms with van der Waals surface area (Å²) in [6.45, 7) is 2.09. The highest BCUT2D eigenvalue weighted by Crippen LogP contribution is 2.27. The van der Waals surface area contributed by atoms with Crippen molar-refractivity contribution < 1.29 is 4.74 Å². The molecule has 0 saturated heterocycles. The van der Waals surface area contributed by atoms with Gasteiger partial charge in [-0.2, -0.15) is 4.68 Å². The Morgan fingerprint density at radius 1 is 1.08 bits per heavy atom. The summed E-state index contributed by atoms with van der Waals surface area (Å²) in [5, 5.41) is 9.39. The van der Waals surface area contributed by atoms with Gasteiger partial charge in [0.1, 0.15) is 17.1 Å². The van der Waals surface area contributed by atoms with Crippen LogP contribution in [0.2, 0.25) is 0 Å². The van der Waals surface area contributed by atoms with E-state index in [-0.39, 0.29) is 0 Å². The summed E-state index contributed by atoms with van der Waals surface area (Å²) in [4.78, 5) is 8.77. The fourth-order valence-corrected chi connectivity index (χ4v) is 3.56. The van der Waals surface area contributed by atoms with Crippen LogP contribution in [0.5, 0.6) is 5.75 Å². The van der Waals surface area contributed by atoms with Crippen molar-refractivity contribution in [3.63, 3.8) is 0 Å². The lowest BCUT2D eigenvalue weighted by Crippen LogP contribution is -1.98. The smallest absolute Gasteiger partial charge is 0.187 e. The van der Waals surface area contributed by atoms with Gasteiger partial charge >= 0.3 is 0 Å². The molecule has 4 rings (SSSR count). The Kier molecular flexibility index (Phi) is 4.53. The van der Waals surface area contributed by atoms with Crippen LogP contribution < -0.4 is 4.74 Å². The van der Waals surface area contributed by atoms with E-state index in [0.29, 0.717) is 11.2 Å². The van der Waals surface area contributed by atoms with Crippen LogP contribution in [0.3, 0.4) is 0 Å². The second kappa shape index (κ2) is 7.13. The molecule has 0 fully saturated rings. The van der Waals surface area contributed by atoms with Crippen molar-refractivity contribution in [2.75, 3.05) is 7.11 Å². The minimum Gasteiger partial charge on any atom is -0.497 e. The van der Waals surface area contributed by atoms with Crippen molar-refractivity contribution in [3.8, 4) is 11.4 Å². The molecule has 0 radical (unpaired) electrons. The van der Waals surface area contributed by atoms with Crippen LogP contribution in [0.4, 0.5) is 0 Å². The fraction of sp³-hybridized carbons (Fsp3) is 0.158. The maximum absolute atomic E-state index is 5.20. The third kappa shape index (κ3) is 3.25. The highest BCUT2D eigenvalue weighted by molar-refractivity contribution is 7.98. The summed E-state index contributed by atoms with van der Waals surface area (Å²) in [5.74, 6) is 1.62. The minimum atomic E-state index is 0.692. The molecule has 7 heteroatoms. The number of nitrogens with zero attached hydrogens (tertiary/aromatic N) is 5. The van der Waals surface area contributed by atoms with E-state index in [1.54, 1.807) is 29.9 Å². The van der Waals surface area contributed by atoms with Crippen LogP contribution >= 0.6 is 11.8 Å². The van der Waals surface area contributed by atoms with Gasteiger partial charge in [0.2, 0.25) is 0 Å². The average Bonchev–Trinajstić information content (AvgIpc) is 3.11. The zero-order chi connectivity index (χ0) is 17.9. The van der Waals surface area contributed by atoms with Crippen molar-refractivity contribution in [1.29, 1.82) is 0 Å². The summed E-state index contributed by atoms with van der Waals surface area (Å²) in [6, 6.07) is 16.1. The maximum Gasteiger partial charge on any atom is 0.187 e. The number of ether oxygens (including phenoxy) is 1. The molecule has 0 aliphatic carbocycles.